The van der Waals surface area contributed by atoms with Crippen LogP contribution in [-0.2, 0) is 37.4 Å². The second-order valence-corrected chi connectivity index (χ2v) is 9.05. The molecule has 3 rings (SSSR count). The van der Waals surface area contributed by atoms with Gasteiger partial charge in [0.15, 0.2) is 0 Å². The van der Waals surface area contributed by atoms with Crippen LogP contribution in [0.2, 0.25) is 0 Å². The molecule has 0 saturated carbocycles. The first-order valence-electron chi connectivity index (χ1n) is 10.2. The standard InChI is InChI=1S/C20H29N3O5S/c1-3-5-6-20(24)28-15-19-21-17-14-16(7-8-18(17)23(19)9-4-2)29(25,26)22-10-12-27-13-11-22/h7-8,14H,3-6,9-13,15H2,1-2H3. The van der Waals surface area contributed by atoms with Crippen molar-refractivity contribution in [3.05, 3.63) is 24.0 Å². The van der Waals surface area contributed by atoms with Crippen molar-refractivity contribution >= 4 is 27.0 Å². The number of morpholine rings is 1. The number of aromatic nitrogens is 2. The minimum absolute atomic E-state index is 0.0861. The van der Waals surface area contributed by atoms with Crippen molar-refractivity contribution in [2.24, 2.45) is 0 Å². The lowest BCUT2D eigenvalue weighted by atomic mass is 10.2. The van der Waals surface area contributed by atoms with Crippen LogP contribution in [-0.4, -0.2) is 54.5 Å². The van der Waals surface area contributed by atoms with Crippen LogP contribution in [0.25, 0.3) is 11.0 Å². The first kappa shape index (κ1) is 21.7. The third-order valence-corrected chi connectivity index (χ3v) is 6.85. The van der Waals surface area contributed by atoms with Gasteiger partial charge in [-0.3, -0.25) is 4.79 Å². The molecule has 0 amide bonds. The predicted molar refractivity (Wildman–Crippen MR) is 109 cm³/mol. The summed E-state index contributed by atoms with van der Waals surface area (Å²) in [5, 5.41) is 0. The van der Waals surface area contributed by atoms with Crippen molar-refractivity contribution in [1.29, 1.82) is 0 Å². The number of unbranched alkanes of at least 4 members (excludes halogenated alkanes) is 1. The zero-order valence-electron chi connectivity index (χ0n) is 17.1. The fourth-order valence-corrected chi connectivity index (χ4v) is 4.81. The van der Waals surface area contributed by atoms with Gasteiger partial charge in [-0.1, -0.05) is 20.3 Å². The van der Waals surface area contributed by atoms with E-state index in [4.69, 9.17) is 9.47 Å². The number of carbonyl (C=O) groups excluding carboxylic acids is 1. The lowest BCUT2D eigenvalue weighted by Crippen LogP contribution is -2.40. The summed E-state index contributed by atoms with van der Waals surface area (Å²) in [6.07, 6.45) is 3.01. The second kappa shape index (κ2) is 9.69. The number of imidazole rings is 1. The Bertz CT molecular complexity index is 948. The normalized spacial score (nSPS) is 15.7. The summed E-state index contributed by atoms with van der Waals surface area (Å²) in [4.78, 5) is 16.7. The molecule has 1 aliphatic heterocycles. The molecule has 8 nitrogen and oxygen atoms in total. The molecular weight excluding hydrogens is 394 g/mol. The molecule has 1 aliphatic rings. The van der Waals surface area contributed by atoms with Crippen molar-refractivity contribution < 1.29 is 22.7 Å². The van der Waals surface area contributed by atoms with Crippen LogP contribution in [0, 0.1) is 0 Å². The zero-order valence-corrected chi connectivity index (χ0v) is 17.9. The average Bonchev–Trinajstić information content (AvgIpc) is 3.08. The van der Waals surface area contributed by atoms with Crippen molar-refractivity contribution in [2.75, 3.05) is 26.3 Å². The van der Waals surface area contributed by atoms with Crippen LogP contribution >= 0.6 is 0 Å². The van der Waals surface area contributed by atoms with E-state index in [0.717, 1.165) is 24.8 Å². The minimum Gasteiger partial charge on any atom is -0.458 e. The Labute approximate surface area is 171 Å². The Morgan fingerprint density at radius 1 is 1.21 bits per heavy atom. The van der Waals surface area contributed by atoms with E-state index in [1.807, 2.05) is 11.5 Å². The van der Waals surface area contributed by atoms with E-state index >= 15 is 0 Å². The second-order valence-electron chi connectivity index (χ2n) is 7.11. The summed E-state index contributed by atoms with van der Waals surface area (Å²) in [6, 6.07) is 5.01. The van der Waals surface area contributed by atoms with Crippen molar-refractivity contribution in [3.63, 3.8) is 0 Å². The van der Waals surface area contributed by atoms with E-state index in [1.54, 1.807) is 18.2 Å². The first-order chi connectivity index (χ1) is 14.0. The highest BCUT2D eigenvalue weighted by Gasteiger charge is 2.27. The van der Waals surface area contributed by atoms with Gasteiger partial charge in [-0.15, -0.1) is 0 Å². The minimum atomic E-state index is -3.59. The molecule has 1 fully saturated rings. The molecule has 0 aliphatic carbocycles. The highest BCUT2D eigenvalue weighted by Crippen LogP contribution is 2.24. The Morgan fingerprint density at radius 3 is 2.66 bits per heavy atom. The Morgan fingerprint density at radius 2 is 1.97 bits per heavy atom. The van der Waals surface area contributed by atoms with E-state index in [9.17, 15) is 13.2 Å². The van der Waals surface area contributed by atoms with Crippen LogP contribution in [0.5, 0.6) is 0 Å². The van der Waals surface area contributed by atoms with E-state index < -0.39 is 10.0 Å². The van der Waals surface area contributed by atoms with E-state index in [0.29, 0.717) is 50.6 Å². The van der Waals surface area contributed by atoms with Gasteiger partial charge in [0.25, 0.3) is 0 Å². The number of aryl methyl sites for hydroxylation is 1. The van der Waals surface area contributed by atoms with E-state index in [-0.39, 0.29) is 17.5 Å². The summed E-state index contributed by atoms with van der Waals surface area (Å²) >= 11 is 0. The molecule has 0 spiro atoms. The van der Waals surface area contributed by atoms with Crippen molar-refractivity contribution in [3.8, 4) is 0 Å². The molecule has 1 aromatic carbocycles. The summed E-state index contributed by atoms with van der Waals surface area (Å²) < 4.78 is 39.9. The quantitative estimate of drug-likeness (QED) is 0.576. The maximum atomic E-state index is 12.9. The van der Waals surface area contributed by atoms with Crippen molar-refractivity contribution in [1.82, 2.24) is 13.9 Å². The number of hydrogen-bond acceptors (Lipinski definition) is 6. The molecule has 2 aromatic rings. The molecular formula is C20H29N3O5S. The number of nitrogens with zero attached hydrogens (tertiary/aromatic N) is 3. The van der Waals surface area contributed by atoms with Gasteiger partial charge >= 0.3 is 5.97 Å². The van der Waals surface area contributed by atoms with Crippen LogP contribution in [0.4, 0.5) is 0 Å². The molecule has 160 valence electrons. The summed E-state index contributed by atoms with van der Waals surface area (Å²) in [7, 11) is -3.59. The van der Waals surface area contributed by atoms with Gasteiger partial charge in [-0.2, -0.15) is 4.31 Å². The van der Waals surface area contributed by atoms with Crippen molar-refractivity contribution in [2.45, 2.75) is 57.6 Å². The van der Waals surface area contributed by atoms with Crippen LogP contribution in [0.3, 0.4) is 0 Å². The largest absolute Gasteiger partial charge is 0.458 e. The summed E-state index contributed by atoms with van der Waals surface area (Å²) in [5.41, 5.74) is 1.43. The van der Waals surface area contributed by atoms with Gasteiger partial charge in [0.05, 0.1) is 29.1 Å². The molecule has 29 heavy (non-hydrogen) atoms. The first-order valence-corrected chi connectivity index (χ1v) is 11.6. The topological polar surface area (TPSA) is 90.7 Å². The summed E-state index contributed by atoms with van der Waals surface area (Å²) in [6.45, 7) is 6.39. The fraction of sp³-hybridized carbons (Fsp3) is 0.600. The molecule has 1 saturated heterocycles. The third kappa shape index (κ3) is 4.96. The molecule has 9 heteroatoms. The average molecular weight is 424 g/mol. The smallest absolute Gasteiger partial charge is 0.306 e. The number of hydrogen-bond donors (Lipinski definition) is 0. The molecule has 0 atom stereocenters. The number of esters is 1. The van der Waals surface area contributed by atoms with Crippen LogP contribution in [0.1, 0.15) is 45.4 Å². The van der Waals surface area contributed by atoms with Gasteiger partial charge in [-0.05, 0) is 31.0 Å². The molecule has 0 N–H and O–H groups in total. The van der Waals surface area contributed by atoms with Gasteiger partial charge in [0, 0.05) is 26.1 Å². The Kier molecular flexibility index (Phi) is 7.26. The number of ether oxygens (including phenoxy) is 2. The lowest BCUT2D eigenvalue weighted by Gasteiger charge is -2.26. The molecule has 0 unspecified atom stereocenters. The Balaban J connectivity index is 1.87. The number of carbonyl (C=O) groups is 1. The number of benzene rings is 1. The number of fused-ring (bicyclic) bond motifs is 1. The number of sulfonamides is 1. The zero-order chi connectivity index (χ0) is 20.9. The number of rotatable bonds is 9. The van der Waals surface area contributed by atoms with Gasteiger partial charge in [0.2, 0.25) is 10.0 Å². The van der Waals surface area contributed by atoms with Gasteiger partial charge in [-0.25, -0.2) is 13.4 Å². The Hall–Kier alpha value is -1.97. The van der Waals surface area contributed by atoms with E-state index in [2.05, 4.69) is 11.9 Å². The predicted octanol–water partition coefficient (Wildman–Crippen LogP) is 2.70. The molecule has 2 heterocycles. The van der Waals surface area contributed by atoms with Gasteiger partial charge < -0.3 is 14.0 Å². The molecule has 0 radical (unpaired) electrons. The third-order valence-electron chi connectivity index (χ3n) is 4.95. The fourth-order valence-electron chi connectivity index (χ4n) is 3.38. The highest BCUT2D eigenvalue weighted by molar-refractivity contribution is 7.89. The van der Waals surface area contributed by atoms with Gasteiger partial charge in [0.1, 0.15) is 12.4 Å². The highest BCUT2D eigenvalue weighted by atomic mass is 32.2. The summed E-state index contributed by atoms with van der Waals surface area (Å²) in [5.74, 6) is 0.394. The molecule has 1 aromatic heterocycles. The monoisotopic (exact) mass is 423 g/mol. The van der Waals surface area contributed by atoms with Crippen LogP contribution in [0.15, 0.2) is 23.1 Å². The molecule has 0 bridgehead atoms. The van der Waals surface area contributed by atoms with Crippen LogP contribution < -0.4 is 0 Å². The maximum absolute atomic E-state index is 12.9. The van der Waals surface area contributed by atoms with E-state index in [1.165, 1.54) is 4.31 Å². The SMILES string of the molecule is CCCCC(=O)OCc1nc2cc(S(=O)(=O)N3CCOCC3)ccc2n1CCC. The lowest BCUT2D eigenvalue weighted by molar-refractivity contribution is -0.145. The maximum Gasteiger partial charge on any atom is 0.306 e.